The van der Waals surface area contributed by atoms with Crippen molar-refractivity contribution in [2.24, 2.45) is 0 Å². The van der Waals surface area contributed by atoms with Gasteiger partial charge in [0.25, 0.3) is 0 Å². The minimum Gasteiger partial charge on any atom is -0.377 e. The van der Waals surface area contributed by atoms with E-state index in [1.807, 2.05) is 6.92 Å². The lowest BCUT2D eigenvalue weighted by Crippen LogP contribution is -1.94. The van der Waals surface area contributed by atoms with E-state index in [-0.39, 0.29) is 0 Å². The van der Waals surface area contributed by atoms with E-state index in [1.54, 1.807) is 12.2 Å². The molecule has 0 bridgehead atoms. The normalized spacial score (nSPS) is 12.9. The van der Waals surface area contributed by atoms with Gasteiger partial charge >= 0.3 is 0 Å². The van der Waals surface area contributed by atoms with Crippen LogP contribution in [0.2, 0.25) is 0 Å². The van der Waals surface area contributed by atoms with Crippen LogP contribution in [-0.2, 0) is 0 Å². The minimum absolute atomic E-state index is 0.626. The maximum atomic E-state index is 8.76. The third-order valence-electron chi connectivity index (χ3n) is 0.577. The molecule has 0 saturated heterocycles. The summed E-state index contributed by atoms with van der Waals surface area (Å²) in [4.78, 5) is 2.41. The quantitative estimate of drug-likeness (QED) is 0.470. The Balaban J connectivity index is 3.59. The van der Waals surface area contributed by atoms with Gasteiger partial charge in [-0.1, -0.05) is 12.0 Å². The molecule has 1 N–H and O–H groups in total. The van der Waals surface area contributed by atoms with E-state index in [2.05, 4.69) is 26.7 Å². The van der Waals surface area contributed by atoms with Crippen molar-refractivity contribution >= 4 is 15.9 Å². The average Bonchev–Trinajstić information content (AvgIpc) is 1.68. The summed E-state index contributed by atoms with van der Waals surface area (Å²) in [5.41, 5.74) is 0. The standard InChI is InChI=1S/C6H7BrO/c1-2-3-6(8)4-5-7/h2-3,6,8H,1H3/b3-2+. The fraction of sp³-hybridized carbons (Fsp3) is 0.333. The largest absolute Gasteiger partial charge is 0.377 e. The number of hydrogen-bond donors (Lipinski definition) is 1. The van der Waals surface area contributed by atoms with Gasteiger partial charge in [0, 0.05) is 15.9 Å². The van der Waals surface area contributed by atoms with Crippen molar-refractivity contribution in [3.05, 3.63) is 12.2 Å². The first-order valence-electron chi connectivity index (χ1n) is 2.23. The third kappa shape index (κ3) is 3.91. The van der Waals surface area contributed by atoms with Gasteiger partial charge in [0.2, 0.25) is 0 Å². The highest BCUT2D eigenvalue weighted by Gasteiger charge is 1.85. The Morgan fingerprint density at radius 2 is 2.38 bits per heavy atom. The molecule has 0 rings (SSSR count). The fourth-order valence-corrected chi connectivity index (χ4v) is 0.521. The lowest BCUT2D eigenvalue weighted by molar-refractivity contribution is 0.280. The molecule has 0 aliphatic rings. The van der Waals surface area contributed by atoms with Crippen LogP contribution < -0.4 is 0 Å². The molecule has 0 heterocycles. The zero-order valence-corrected chi connectivity index (χ0v) is 6.14. The molecular formula is C6H7BrO. The van der Waals surface area contributed by atoms with Crippen LogP contribution in [0.15, 0.2) is 12.2 Å². The van der Waals surface area contributed by atoms with E-state index in [1.165, 1.54) is 0 Å². The molecule has 0 aromatic carbocycles. The van der Waals surface area contributed by atoms with Gasteiger partial charge in [0.15, 0.2) is 0 Å². The van der Waals surface area contributed by atoms with E-state index in [4.69, 9.17) is 5.11 Å². The highest BCUT2D eigenvalue weighted by Crippen LogP contribution is 1.82. The number of rotatable bonds is 1. The predicted octanol–water partition coefficient (Wildman–Crippen LogP) is 1.28. The Hall–Kier alpha value is -0.260. The van der Waals surface area contributed by atoms with Crippen LogP contribution in [-0.4, -0.2) is 11.2 Å². The molecule has 0 amide bonds. The minimum atomic E-state index is -0.626. The van der Waals surface area contributed by atoms with Gasteiger partial charge in [-0.05, 0) is 17.8 Å². The molecule has 0 spiro atoms. The molecule has 1 nitrogen and oxygen atoms in total. The second-order valence-electron chi connectivity index (χ2n) is 1.21. The zero-order valence-electron chi connectivity index (χ0n) is 4.56. The number of aliphatic hydroxyl groups is 1. The maximum Gasteiger partial charge on any atom is 0.134 e. The van der Waals surface area contributed by atoms with Crippen molar-refractivity contribution in [2.45, 2.75) is 13.0 Å². The Morgan fingerprint density at radius 3 is 2.75 bits per heavy atom. The zero-order chi connectivity index (χ0) is 6.41. The number of allylic oxidation sites excluding steroid dienone is 1. The summed E-state index contributed by atoms with van der Waals surface area (Å²) in [5.74, 6) is 2.48. The Bertz CT molecular complexity index is 129. The van der Waals surface area contributed by atoms with Crippen molar-refractivity contribution in [1.82, 2.24) is 0 Å². The highest BCUT2D eigenvalue weighted by molar-refractivity contribution is 9.12. The molecule has 2 heteroatoms. The van der Waals surface area contributed by atoms with Gasteiger partial charge in [0.05, 0.1) is 0 Å². The molecule has 0 aliphatic carbocycles. The fourth-order valence-electron chi connectivity index (χ4n) is 0.286. The number of hydrogen-bond acceptors (Lipinski definition) is 1. The van der Waals surface area contributed by atoms with E-state index in [0.717, 1.165) is 0 Å². The molecule has 0 radical (unpaired) electrons. The van der Waals surface area contributed by atoms with Gasteiger partial charge in [-0.2, -0.15) is 0 Å². The first-order valence-corrected chi connectivity index (χ1v) is 3.02. The summed E-state index contributed by atoms with van der Waals surface area (Å²) in [6.07, 6.45) is 2.73. The van der Waals surface area contributed by atoms with Crippen molar-refractivity contribution in [2.75, 3.05) is 0 Å². The van der Waals surface area contributed by atoms with Crippen LogP contribution in [0.3, 0.4) is 0 Å². The molecule has 0 saturated carbocycles. The Labute approximate surface area is 57.5 Å². The first-order chi connectivity index (χ1) is 3.81. The summed E-state index contributed by atoms with van der Waals surface area (Å²) in [6.45, 7) is 1.83. The topological polar surface area (TPSA) is 20.2 Å². The second-order valence-corrected chi connectivity index (χ2v) is 1.61. The van der Waals surface area contributed by atoms with Gasteiger partial charge in [-0.25, -0.2) is 0 Å². The van der Waals surface area contributed by atoms with Gasteiger partial charge in [0.1, 0.15) is 6.10 Å². The molecule has 0 aliphatic heterocycles. The van der Waals surface area contributed by atoms with Crippen molar-refractivity contribution in [3.63, 3.8) is 0 Å². The molecule has 1 atom stereocenters. The summed E-state index contributed by atoms with van der Waals surface area (Å²) in [6, 6.07) is 0. The van der Waals surface area contributed by atoms with E-state index >= 15 is 0 Å². The lowest BCUT2D eigenvalue weighted by atomic mass is 10.3. The lowest BCUT2D eigenvalue weighted by Gasteiger charge is -1.87. The van der Waals surface area contributed by atoms with E-state index < -0.39 is 6.10 Å². The maximum absolute atomic E-state index is 8.76. The van der Waals surface area contributed by atoms with Crippen molar-refractivity contribution < 1.29 is 5.11 Å². The molecular weight excluding hydrogens is 168 g/mol. The monoisotopic (exact) mass is 174 g/mol. The molecule has 8 heavy (non-hydrogen) atoms. The molecule has 0 fully saturated rings. The van der Waals surface area contributed by atoms with E-state index in [9.17, 15) is 0 Å². The predicted molar refractivity (Wildman–Crippen MR) is 37.5 cm³/mol. The molecule has 44 valence electrons. The average molecular weight is 175 g/mol. The summed E-state index contributed by atoms with van der Waals surface area (Å²) in [7, 11) is 0. The van der Waals surface area contributed by atoms with Crippen molar-refractivity contribution in [3.8, 4) is 10.8 Å². The smallest absolute Gasteiger partial charge is 0.134 e. The Morgan fingerprint density at radius 1 is 1.75 bits per heavy atom. The first kappa shape index (κ1) is 7.74. The van der Waals surface area contributed by atoms with Crippen LogP contribution >= 0.6 is 15.9 Å². The van der Waals surface area contributed by atoms with Crippen LogP contribution in [0.4, 0.5) is 0 Å². The number of aliphatic hydroxyl groups excluding tert-OH is 1. The molecule has 0 aromatic rings. The number of halogens is 1. The van der Waals surface area contributed by atoms with E-state index in [0.29, 0.717) is 0 Å². The highest BCUT2D eigenvalue weighted by atomic mass is 79.9. The van der Waals surface area contributed by atoms with Crippen LogP contribution in [0.5, 0.6) is 0 Å². The van der Waals surface area contributed by atoms with Crippen LogP contribution in [0, 0.1) is 10.8 Å². The van der Waals surface area contributed by atoms with Gasteiger partial charge in [-0.3, -0.25) is 0 Å². The molecule has 1 unspecified atom stereocenters. The van der Waals surface area contributed by atoms with Crippen molar-refractivity contribution in [1.29, 1.82) is 0 Å². The van der Waals surface area contributed by atoms with Crippen LogP contribution in [0.25, 0.3) is 0 Å². The SMILES string of the molecule is C/C=C/C(O)C#CBr. The molecule has 0 aromatic heterocycles. The third-order valence-corrected chi connectivity index (χ3v) is 0.806. The van der Waals surface area contributed by atoms with Gasteiger partial charge < -0.3 is 5.11 Å². The van der Waals surface area contributed by atoms with Crippen LogP contribution in [0.1, 0.15) is 6.92 Å². The summed E-state index contributed by atoms with van der Waals surface area (Å²) < 4.78 is 0. The summed E-state index contributed by atoms with van der Waals surface area (Å²) >= 11 is 2.86. The Kier molecular flexibility index (Phi) is 4.73. The summed E-state index contributed by atoms with van der Waals surface area (Å²) in [5, 5.41) is 8.76. The second kappa shape index (κ2) is 4.89. The van der Waals surface area contributed by atoms with Gasteiger partial charge in [-0.15, -0.1) is 0 Å².